The van der Waals surface area contributed by atoms with E-state index in [0.717, 1.165) is 17.7 Å². The quantitative estimate of drug-likeness (QED) is 0.679. The van der Waals surface area contributed by atoms with Crippen LogP contribution in [0.1, 0.15) is 29.7 Å². The molecule has 1 N–H and O–H groups in total. The minimum atomic E-state index is -4.90. The number of rotatable bonds is 3. The van der Waals surface area contributed by atoms with Crippen molar-refractivity contribution in [3.63, 3.8) is 0 Å². The zero-order chi connectivity index (χ0) is 24.9. The van der Waals surface area contributed by atoms with E-state index in [0.29, 0.717) is 5.56 Å². The molecule has 0 radical (unpaired) electrons. The summed E-state index contributed by atoms with van der Waals surface area (Å²) >= 11 is 0. The topological polar surface area (TPSA) is 123 Å². The molecule has 0 amide bonds. The van der Waals surface area contributed by atoms with Crippen LogP contribution in [0.25, 0.3) is 0 Å². The third-order valence-corrected chi connectivity index (χ3v) is 6.54. The molecular weight excluding hydrogens is 449 g/mol. The molecule has 2 aliphatic rings. The maximum atomic E-state index is 12.6. The number of nitriles is 3. The number of hydrogen-bond donors (Lipinski definition) is 1. The van der Waals surface area contributed by atoms with Crippen LogP contribution in [0.3, 0.4) is 0 Å². The van der Waals surface area contributed by atoms with Crippen molar-refractivity contribution < 1.29 is 27.4 Å². The van der Waals surface area contributed by atoms with Gasteiger partial charge in [-0.05, 0) is 24.6 Å². The molecule has 7 nitrogen and oxygen atoms in total. The van der Waals surface area contributed by atoms with Gasteiger partial charge in [0.2, 0.25) is 17.1 Å². The van der Waals surface area contributed by atoms with Gasteiger partial charge in [-0.2, -0.15) is 15.8 Å². The Morgan fingerprint density at radius 3 is 2.06 bits per heavy atom. The van der Waals surface area contributed by atoms with Crippen molar-refractivity contribution in [3.8, 4) is 24.0 Å². The number of fused-ring (bicyclic) bond motifs is 2. The number of nitrogens with zero attached hydrogens (tertiary/aromatic N) is 3. The Balaban J connectivity index is 1.92. The first-order chi connectivity index (χ1) is 16.0. The van der Waals surface area contributed by atoms with Crippen LogP contribution in [-0.2, 0) is 15.3 Å². The lowest BCUT2D eigenvalue weighted by molar-refractivity contribution is -0.288. The second kappa shape index (κ2) is 7.48. The molecule has 2 aliphatic heterocycles. The third kappa shape index (κ3) is 2.95. The highest BCUT2D eigenvalue weighted by Crippen LogP contribution is 2.69. The molecule has 2 aromatic carbocycles. The zero-order valence-electron chi connectivity index (χ0n) is 18.0. The van der Waals surface area contributed by atoms with E-state index in [1.165, 1.54) is 12.1 Å². The fourth-order valence-electron chi connectivity index (χ4n) is 4.80. The van der Waals surface area contributed by atoms with E-state index >= 15 is 0 Å². The van der Waals surface area contributed by atoms with Crippen molar-refractivity contribution in [2.75, 3.05) is 0 Å². The van der Waals surface area contributed by atoms with Gasteiger partial charge in [0.1, 0.15) is 11.9 Å². The van der Waals surface area contributed by atoms with Crippen LogP contribution >= 0.6 is 0 Å². The third-order valence-electron chi connectivity index (χ3n) is 6.54. The number of nitrogens with one attached hydrogen (secondary N) is 1. The zero-order valence-corrected chi connectivity index (χ0v) is 18.0. The first kappa shape index (κ1) is 23.1. The summed E-state index contributed by atoms with van der Waals surface area (Å²) < 4.78 is 53.8. The maximum Gasteiger partial charge on any atom is 0.573 e. The van der Waals surface area contributed by atoms with Crippen molar-refractivity contribution in [1.82, 2.24) is 0 Å². The fourth-order valence-corrected chi connectivity index (χ4v) is 4.80. The van der Waals surface area contributed by atoms with Crippen molar-refractivity contribution in [2.45, 2.75) is 32.1 Å². The van der Waals surface area contributed by atoms with Crippen molar-refractivity contribution in [1.29, 1.82) is 21.2 Å². The summed E-state index contributed by atoms with van der Waals surface area (Å²) in [5.41, 5.74) is -2.68. The molecule has 2 fully saturated rings. The predicted octanol–water partition coefficient (Wildman–Crippen LogP) is 5.01. The predicted molar refractivity (Wildman–Crippen MR) is 109 cm³/mol. The smallest absolute Gasteiger partial charge is 0.443 e. The largest absolute Gasteiger partial charge is 0.573 e. The van der Waals surface area contributed by atoms with E-state index in [-0.39, 0.29) is 5.56 Å². The molecule has 0 saturated carbocycles. The molecule has 2 heterocycles. The van der Waals surface area contributed by atoms with Crippen molar-refractivity contribution >= 4 is 5.90 Å². The monoisotopic (exact) mass is 466 g/mol. The van der Waals surface area contributed by atoms with Gasteiger partial charge in [0, 0.05) is 5.56 Å². The Kier molecular flexibility index (Phi) is 5.08. The van der Waals surface area contributed by atoms with Crippen LogP contribution in [0.4, 0.5) is 13.2 Å². The van der Waals surface area contributed by atoms with Gasteiger partial charge in [-0.1, -0.05) is 48.9 Å². The van der Waals surface area contributed by atoms with Gasteiger partial charge in [0.15, 0.2) is 5.41 Å². The first-order valence-corrected chi connectivity index (χ1v) is 10.1. The molecule has 4 unspecified atom stereocenters. The number of halogens is 3. The summed E-state index contributed by atoms with van der Waals surface area (Å²) in [5, 5.41) is 39.2. The second-order valence-corrected chi connectivity index (χ2v) is 8.25. The Morgan fingerprint density at radius 1 is 0.971 bits per heavy atom. The minimum absolute atomic E-state index is 0.152. The van der Waals surface area contributed by atoms with Crippen LogP contribution in [-0.4, -0.2) is 12.3 Å². The molecule has 2 saturated heterocycles. The molecule has 2 aromatic rings. The lowest BCUT2D eigenvalue weighted by Crippen LogP contribution is -2.57. The summed E-state index contributed by atoms with van der Waals surface area (Å²) in [6.07, 6.45) is -6.33. The van der Waals surface area contributed by atoms with E-state index in [4.69, 9.17) is 14.9 Å². The lowest BCUT2D eigenvalue weighted by atomic mass is 9.53. The standard InChI is InChI=1S/C24H17F3N4O3/c1-14-3-7-17(8-4-14)23-15(2)22(13-30,20(31)34-23)21(11-28,12-29)19(33-23)16-5-9-18(10-6-16)32-24(25,26)27/h3-10,15,19,31H,1-2H3. The molecular formula is C24H17F3N4O3. The molecule has 172 valence electrons. The van der Waals surface area contributed by atoms with Gasteiger partial charge in [0.25, 0.3) is 0 Å². The molecule has 2 bridgehead atoms. The van der Waals surface area contributed by atoms with Crippen LogP contribution in [0.2, 0.25) is 0 Å². The number of hydrogen-bond acceptors (Lipinski definition) is 7. The molecule has 34 heavy (non-hydrogen) atoms. The normalized spacial score (nSPS) is 29.3. The Labute approximate surface area is 193 Å². The number of ether oxygens (including phenoxy) is 3. The summed E-state index contributed by atoms with van der Waals surface area (Å²) in [6.45, 7) is 3.44. The first-order valence-electron chi connectivity index (χ1n) is 10.1. The average Bonchev–Trinajstić information content (AvgIpc) is 2.95. The SMILES string of the molecule is Cc1ccc(C23OC(=N)C(C#N)(C2C)C(C#N)(C#N)C(c2ccc(OC(F)(F)F)cc2)O3)cc1. The maximum absolute atomic E-state index is 12.6. The van der Waals surface area contributed by atoms with E-state index < -0.39 is 46.6 Å². The van der Waals surface area contributed by atoms with Gasteiger partial charge >= 0.3 is 6.36 Å². The van der Waals surface area contributed by atoms with Crippen LogP contribution in [0, 0.1) is 63.1 Å². The number of alkyl halides is 3. The van der Waals surface area contributed by atoms with Crippen molar-refractivity contribution in [3.05, 3.63) is 65.2 Å². The second-order valence-electron chi connectivity index (χ2n) is 8.25. The lowest BCUT2D eigenvalue weighted by Gasteiger charge is -2.48. The molecule has 0 aromatic heterocycles. The Bertz CT molecular complexity index is 1260. The van der Waals surface area contributed by atoms with E-state index in [1.807, 2.05) is 25.1 Å². The van der Waals surface area contributed by atoms with Gasteiger partial charge in [-0.15, -0.1) is 13.2 Å². The number of benzene rings is 2. The van der Waals surface area contributed by atoms with E-state index in [9.17, 15) is 29.0 Å². The summed E-state index contributed by atoms with van der Waals surface area (Å²) in [7, 11) is 0. The average molecular weight is 466 g/mol. The van der Waals surface area contributed by atoms with Crippen molar-refractivity contribution in [2.24, 2.45) is 16.7 Å². The molecule has 0 spiro atoms. The summed E-state index contributed by atoms with van der Waals surface area (Å²) in [4.78, 5) is 0. The molecule has 4 rings (SSSR count). The van der Waals surface area contributed by atoms with Gasteiger partial charge in [-0.25, -0.2) is 0 Å². The molecule has 4 atom stereocenters. The Hall–Kier alpha value is -4.07. The van der Waals surface area contributed by atoms with Crippen LogP contribution < -0.4 is 4.74 Å². The summed E-state index contributed by atoms with van der Waals surface area (Å²) in [6, 6.07) is 17.2. The van der Waals surface area contributed by atoms with Gasteiger partial charge in [-0.3, -0.25) is 5.41 Å². The summed E-state index contributed by atoms with van der Waals surface area (Å²) in [5.74, 6) is -3.70. The highest BCUT2D eigenvalue weighted by atomic mass is 19.4. The minimum Gasteiger partial charge on any atom is -0.443 e. The van der Waals surface area contributed by atoms with Crippen LogP contribution in [0.5, 0.6) is 5.75 Å². The van der Waals surface area contributed by atoms with Gasteiger partial charge in [0.05, 0.1) is 24.1 Å². The highest BCUT2D eigenvalue weighted by molar-refractivity contribution is 5.89. The van der Waals surface area contributed by atoms with E-state index in [2.05, 4.69) is 4.74 Å². The number of aryl methyl sites for hydroxylation is 1. The molecule has 10 heteroatoms. The van der Waals surface area contributed by atoms with Crippen LogP contribution in [0.15, 0.2) is 48.5 Å². The Morgan fingerprint density at radius 2 is 1.56 bits per heavy atom. The fraction of sp³-hybridized carbons (Fsp3) is 0.333. The van der Waals surface area contributed by atoms with Gasteiger partial charge < -0.3 is 14.2 Å². The highest BCUT2D eigenvalue weighted by Gasteiger charge is 2.79. The molecule has 0 aliphatic carbocycles. The van der Waals surface area contributed by atoms with E-state index in [1.54, 1.807) is 31.2 Å².